The molecule has 0 aromatic carbocycles. The van der Waals surface area contributed by atoms with E-state index in [1.54, 1.807) is 0 Å². The zero-order valence-electron chi connectivity index (χ0n) is 12.1. The second-order valence-corrected chi connectivity index (χ2v) is 6.33. The smallest absolute Gasteiger partial charge is 0.352 e. The highest BCUT2D eigenvalue weighted by atomic mass is 32.2. The highest BCUT2D eigenvalue weighted by molar-refractivity contribution is 7.89. The Bertz CT molecular complexity index is 635. The lowest BCUT2D eigenvalue weighted by Crippen LogP contribution is -2.44. The predicted molar refractivity (Wildman–Crippen MR) is 75.5 cm³/mol. The normalized spacial score (nSPS) is 12.9. The Balaban J connectivity index is 2.89. The van der Waals surface area contributed by atoms with Crippen LogP contribution in [0, 0.1) is 0 Å². The summed E-state index contributed by atoms with van der Waals surface area (Å²) >= 11 is 0. The van der Waals surface area contributed by atoms with E-state index in [-0.39, 0.29) is 10.6 Å². The number of nitrogens with one attached hydrogen (secondary N) is 2. The molecular weight excluding hydrogens is 298 g/mol. The quantitative estimate of drug-likeness (QED) is 0.650. The number of aryl methyl sites for hydroxylation is 1. The van der Waals surface area contributed by atoms with Gasteiger partial charge in [0.2, 0.25) is 15.9 Å². The van der Waals surface area contributed by atoms with Crippen molar-refractivity contribution in [3.63, 3.8) is 0 Å². The van der Waals surface area contributed by atoms with E-state index in [1.807, 2.05) is 6.92 Å². The third-order valence-electron chi connectivity index (χ3n) is 2.78. The molecule has 1 aromatic heterocycles. The summed E-state index contributed by atoms with van der Waals surface area (Å²) in [6, 6.07) is 0.0939. The third kappa shape index (κ3) is 4.30. The van der Waals surface area contributed by atoms with E-state index >= 15 is 0 Å². The van der Waals surface area contributed by atoms with Crippen molar-refractivity contribution in [3.05, 3.63) is 18.0 Å². The number of aromatic nitrogens is 1. The van der Waals surface area contributed by atoms with Gasteiger partial charge < -0.3 is 15.0 Å². The molecule has 1 heterocycles. The Morgan fingerprint density at radius 2 is 2.05 bits per heavy atom. The number of carbonyl (C=O) groups excluding carboxylic acids is 1. The molecule has 1 unspecified atom stereocenters. The van der Waals surface area contributed by atoms with Crippen LogP contribution in [0.1, 0.15) is 30.8 Å². The average Bonchev–Trinajstić information content (AvgIpc) is 2.78. The minimum atomic E-state index is -3.96. The number of hydrogen-bond donors (Lipinski definition) is 3. The standard InChI is InChI=1S/C12H19N3O5S/c1-4-5-13-11(16)8(2)14-21(19,20)9-6-10(12(17)18)15(3)7-9/h6-8,14H,4-5H2,1-3H3,(H,13,16)(H,17,18). The molecule has 9 heteroatoms. The lowest BCUT2D eigenvalue weighted by Gasteiger charge is -2.13. The fraction of sp³-hybridized carbons (Fsp3) is 0.500. The highest BCUT2D eigenvalue weighted by Gasteiger charge is 2.24. The first kappa shape index (κ1) is 17.2. The first-order valence-electron chi connectivity index (χ1n) is 6.38. The lowest BCUT2D eigenvalue weighted by molar-refractivity contribution is -0.122. The number of hydrogen-bond acceptors (Lipinski definition) is 4. The van der Waals surface area contributed by atoms with Crippen molar-refractivity contribution in [2.24, 2.45) is 7.05 Å². The molecule has 1 rings (SSSR count). The fourth-order valence-corrected chi connectivity index (χ4v) is 2.92. The van der Waals surface area contributed by atoms with Gasteiger partial charge in [0, 0.05) is 19.8 Å². The van der Waals surface area contributed by atoms with Gasteiger partial charge in [0.05, 0.1) is 6.04 Å². The number of carboxylic acid groups (broad SMARTS) is 1. The zero-order chi connectivity index (χ0) is 16.2. The Kier molecular flexibility index (Phi) is 5.50. The van der Waals surface area contributed by atoms with Gasteiger partial charge in [-0.15, -0.1) is 0 Å². The van der Waals surface area contributed by atoms with Gasteiger partial charge in [0.25, 0.3) is 0 Å². The molecule has 0 aliphatic carbocycles. The van der Waals surface area contributed by atoms with Gasteiger partial charge in [-0.3, -0.25) is 4.79 Å². The van der Waals surface area contributed by atoms with Gasteiger partial charge >= 0.3 is 5.97 Å². The van der Waals surface area contributed by atoms with Gasteiger partial charge in [-0.2, -0.15) is 4.72 Å². The largest absolute Gasteiger partial charge is 0.477 e. The van der Waals surface area contributed by atoms with E-state index in [1.165, 1.54) is 24.7 Å². The van der Waals surface area contributed by atoms with Crippen LogP contribution in [0.15, 0.2) is 17.2 Å². The van der Waals surface area contributed by atoms with Crippen LogP contribution in [0.3, 0.4) is 0 Å². The van der Waals surface area contributed by atoms with Gasteiger partial charge in [-0.05, 0) is 19.4 Å². The van der Waals surface area contributed by atoms with Gasteiger partial charge in [-0.25, -0.2) is 13.2 Å². The van der Waals surface area contributed by atoms with E-state index in [0.717, 1.165) is 12.5 Å². The van der Waals surface area contributed by atoms with Crippen LogP contribution in [-0.2, 0) is 21.9 Å². The van der Waals surface area contributed by atoms with E-state index < -0.39 is 27.9 Å². The molecule has 3 N–H and O–H groups in total. The second-order valence-electron chi connectivity index (χ2n) is 4.61. The average molecular weight is 317 g/mol. The van der Waals surface area contributed by atoms with Crippen molar-refractivity contribution in [2.45, 2.75) is 31.2 Å². The summed E-state index contributed by atoms with van der Waals surface area (Å²) in [5.41, 5.74) is -0.154. The van der Waals surface area contributed by atoms with Crippen molar-refractivity contribution in [1.29, 1.82) is 0 Å². The van der Waals surface area contributed by atoms with Crippen LogP contribution in [0.4, 0.5) is 0 Å². The molecule has 0 saturated carbocycles. The topological polar surface area (TPSA) is 118 Å². The summed E-state index contributed by atoms with van der Waals surface area (Å²) in [6.07, 6.45) is 1.92. The lowest BCUT2D eigenvalue weighted by atomic mass is 10.3. The summed E-state index contributed by atoms with van der Waals surface area (Å²) in [5, 5.41) is 11.5. The maximum absolute atomic E-state index is 12.1. The summed E-state index contributed by atoms with van der Waals surface area (Å²) in [4.78, 5) is 22.4. The van der Waals surface area contributed by atoms with E-state index in [4.69, 9.17) is 5.11 Å². The predicted octanol–water partition coefficient (Wildman–Crippen LogP) is -0.0837. The van der Waals surface area contributed by atoms with Gasteiger partial charge in [0.1, 0.15) is 10.6 Å². The maximum atomic E-state index is 12.1. The molecule has 0 aliphatic heterocycles. The number of carbonyl (C=O) groups is 2. The second kappa shape index (κ2) is 6.72. The minimum absolute atomic E-state index is 0.154. The van der Waals surface area contributed by atoms with Gasteiger partial charge in [-0.1, -0.05) is 6.92 Å². The van der Waals surface area contributed by atoms with Crippen LogP contribution < -0.4 is 10.0 Å². The molecule has 21 heavy (non-hydrogen) atoms. The number of aromatic carboxylic acids is 1. The number of amides is 1. The minimum Gasteiger partial charge on any atom is -0.477 e. The molecule has 1 aromatic rings. The number of nitrogens with zero attached hydrogens (tertiary/aromatic N) is 1. The number of sulfonamides is 1. The summed E-state index contributed by atoms with van der Waals surface area (Å²) < 4.78 is 27.6. The highest BCUT2D eigenvalue weighted by Crippen LogP contribution is 2.13. The first-order chi connectivity index (χ1) is 9.69. The molecule has 0 radical (unpaired) electrons. The van der Waals surface area contributed by atoms with E-state index in [9.17, 15) is 18.0 Å². The number of rotatable bonds is 7. The Morgan fingerprint density at radius 3 is 2.52 bits per heavy atom. The Morgan fingerprint density at radius 1 is 1.43 bits per heavy atom. The van der Waals surface area contributed by atoms with Gasteiger partial charge in [0.15, 0.2) is 0 Å². The molecule has 0 spiro atoms. The van der Waals surface area contributed by atoms with Crippen molar-refractivity contribution < 1.29 is 23.1 Å². The van der Waals surface area contributed by atoms with Crippen molar-refractivity contribution in [2.75, 3.05) is 6.54 Å². The zero-order valence-corrected chi connectivity index (χ0v) is 12.9. The SMILES string of the molecule is CCCNC(=O)C(C)NS(=O)(=O)c1cc(C(=O)O)n(C)c1. The molecule has 0 bridgehead atoms. The van der Waals surface area contributed by atoms with Crippen LogP contribution in [0.5, 0.6) is 0 Å². The molecule has 0 saturated heterocycles. The summed E-state index contributed by atoms with van der Waals surface area (Å²) in [7, 11) is -2.53. The van der Waals surface area contributed by atoms with E-state index in [0.29, 0.717) is 6.54 Å². The van der Waals surface area contributed by atoms with E-state index in [2.05, 4.69) is 10.0 Å². The van der Waals surface area contributed by atoms with Crippen molar-refractivity contribution in [3.8, 4) is 0 Å². The number of carboxylic acids is 1. The van der Waals surface area contributed by atoms with Crippen molar-refractivity contribution in [1.82, 2.24) is 14.6 Å². The Labute approximate surface area is 123 Å². The summed E-state index contributed by atoms with van der Waals surface area (Å²) in [6.45, 7) is 3.76. The maximum Gasteiger partial charge on any atom is 0.352 e. The fourth-order valence-electron chi connectivity index (χ4n) is 1.65. The third-order valence-corrected chi connectivity index (χ3v) is 4.29. The summed E-state index contributed by atoms with van der Waals surface area (Å²) in [5.74, 6) is -1.66. The molecule has 1 atom stereocenters. The molecule has 8 nitrogen and oxygen atoms in total. The van der Waals surface area contributed by atoms with Crippen LogP contribution in [0.25, 0.3) is 0 Å². The van der Waals surface area contributed by atoms with Crippen molar-refractivity contribution >= 4 is 21.9 Å². The van der Waals surface area contributed by atoms with Crippen LogP contribution in [0.2, 0.25) is 0 Å². The molecule has 118 valence electrons. The van der Waals surface area contributed by atoms with Crippen LogP contribution in [-0.4, -0.2) is 42.6 Å². The first-order valence-corrected chi connectivity index (χ1v) is 7.87. The van der Waals surface area contributed by atoms with Crippen LogP contribution >= 0.6 is 0 Å². The molecular formula is C12H19N3O5S. The molecule has 0 aliphatic rings. The monoisotopic (exact) mass is 317 g/mol. The molecule has 0 fully saturated rings. The molecule has 1 amide bonds. The Hall–Kier alpha value is -1.87.